The number of ether oxygens (including phenoxy) is 1. The van der Waals surface area contributed by atoms with E-state index in [1.165, 1.54) is 0 Å². The molecule has 0 fully saturated rings. The van der Waals surface area contributed by atoms with Gasteiger partial charge in [0.2, 0.25) is 0 Å². The Balaban J connectivity index is 2.13. The summed E-state index contributed by atoms with van der Waals surface area (Å²) in [5, 5.41) is 2.80. The Bertz CT molecular complexity index is 807. The monoisotopic (exact) mass is 308 g/mol. The fourth-order valence-corrected chi connectivity index (χ4v) is 2.82. The number of carbonyl (C=O) groups excluding carboxylic acids is 1. The zero-order valence-electron chi connectivity index (χ0n) is 13.8. The number of benzene rings is 1. The van der Waals surface area contributed by atoms with Gasteiger partial charge in [-0.25, -0.2) is 4.98 Å². The molecule has 0 radical (unpaired) electrons. The Morgan fingerprint density at radius 3 is 2.78 bits per heavy atom. The molecule has 0 aliphatic carbocycles. The van der Waals surface area contributed by atoms with Gasteiger partial charge in [0.15, 0.2) is 0 Å². The Morgan fingerprint density at radius 2 is 2.09 bits per heavy atom. The maximum Gasteiger partial charge on any atom is 0.257 e. The molecule has 0 bridgehead atoms. The van der Waals surface area contributed by atoms with Crippen molar-refractivity contribution in [2.24, 2.45) is 0 Å². The van der Waals surface area contributed by atoms with E-state index in [9.17, 15) is 4.79 Å². The fraction of sp³-hybridized carbons (Fsp3) is 0.263. The molecule has 4 heteroatoms. The lowest BCUT2D eigenvalue weighted by atomic mass is 9.94. The van der Waals surface area contributed by atoms with Crippen molar-refractivity contribution >= 4 is 23.4 Å². The van der Waals surface area contributed by atoms with E-state index in [1.807, 2.05) is 31.2 Å². The second-order valence-electron chi connectivity index (χ2n) is 6.02. The lowest BCUT2D eigenvalue weighted by molar-refractivity contribution is -0.110. The van der Waals surface area contributed by atoms with E-state index in [1.54, 1.807) is 13.3 Å². The van der Waals surface area contributed by atoms with Crippen LogP contribution in [0.5, 0.6) is 5.75 Å². The molecule has 1 amide bonds. The van der Waals surface area contributed by atoms with Gasteiger partial charge >= 0.3 is 0 Å². The number of nitrogens with zero attached hydrogens (tertiary/aromatic N) is 1. The minimum atomic E-state index is -0.111. The molecule has 1 aliphatic heterocycles. The van der Waals surface area contributed by atoms with Crippen LogP contribution in [0.3, 0.4) is 0 Å². The number of fused-ring (bicyclic) bond motifs is 1. The first-order valence-electron chi connectivity index (χ1n) is 7.68. The average molecular weight is 308 g/mol. The number of nitrogens with one attached hydrogen (secondary N) is 1. The maximum absolute atomic E-state index is 12.2. The van der Waals surface area contributed by atoms with Gasteiger partial charge in [0.1, 0.15) is 11.6 Å². The van der Waals surface area contributed by atoms with Crippen LogP contribution < -0.4 is 10.1 Å². The van der Waals surface area contributed by atoms with Gasteiger partial charge in [-0.15, -0.1) is 0 Å². The molecule has 0 unspecified atom stereocenters. The van der Waals surface area contributed by atoms with E-state index in [-0.39, 0.29) is 5.91 Å². The molecule has 2 aromatic rings. The van der Waals surface area contributed by atoms with E-state index in [2.05, 4.69) is 30.2 Å². The molecule has 0 atom stereocenters. The van der Waals surface area contributed by atoms with E-state index in [4.69, 9.17) is 4.74 Å². The summed E-state index contributed by atoms with van der Waals surface area (Å²) < 4.78 is 5.48. The minimum absolute atomic E-state index is 0.111. The van der Waals surface area contributed by atoms with E-state index in [0.29, 0.717) is 17.3 Å². The predicted octanol–water partition coefficient (Wildman–Crippen LogP) is 4.01. The largest absolute Gasteiger partial charge is 0.496 e. The highest BCUT2D eigenvalue weighted by atomic mass is 16.5. The van der Waals surface area contributed by atoms with Crippen LogP contribution in [0.1, 0.15) is 42.0 Å². The predicted molar refractivity (Wildman–Crippen MR) is 92.6 cm³/mol. The number of hydrogen-bond donors (Lipinski definition) is 1. The molecule has 0 saturated heterocycles. The molecular weight excluding hydrogens is 288 g/mol. The summed E-state index contributed by atoms with van der Waals surface area (Å²) in [5.74, 6) is 1.74. The smallest absolute Gasteiger partial charge is 0.257 e. The normalized spacial score (nSPS) is 15.0. The second kappa shape index (κ2) is 5.88. The Kier molecular flexibility index (Phi) is 3.90. The van der Waals surface area contributed by atoms with E-state index < -0.39 is 0 Å². The molecule has 1 aliphatic rings. The van der Waals surface area contributed by atoms with Gasteiger partial charge in [0.05, 0.1) is 12.7 Å². The highest BCUT2D eigenvalue weighted by Gasteiger charge is 2.25. The van der Waals surface area contributed by atoms with Crippen LogP contribution in [0.15, 0.2) is 30.5 Å². The van der Waals surface area contributed by atoms with Gasteiger partial charge in [0, 0.05) is 11.8 Å². The summed E-state index contributed by atoms with van der Waals surface area (Å²) in [5.41, 5.74) is 4.73. The number of aromatic nitrogens is 1. The summed E-state index contributed by atoms with van der Waals surface area (Å²) in [7, 11) is 1.69. The van der Waals surface area contributed by atoms with Gasteiger partial charge in [-0.3, -0.25) is 4.79 Å². The Hall–Kier alpha value is -2.62. The molecule has 0 spiro atoms. The lowest BCUT2D eigenvalue weighted by Crippen LogP contribution is -2.04. The molecule has 1 aromatic heterocycles. The van der Waals surface area contributed by atoms with Gasteiger partial charge < -0.3 is 10.1 Å². The van der Waals surface area contributed by atoms with Crippen molar-refractivity contribution in [3.63, 3.8) is 0 Å². The van der Waals surface area contributed by atoms with Gasteiger partial charge in [0.25, 0.3) is 5.91 Å². The molecule has 4 nitrogen and oxygen atoms in total. The fourth-order valence-electron chi connectivity index (χ4n) is 2.82. The van der Waals surface area contributed by atoms with Crippen molar-refractivity contribution in [1.82, 2.24) is 4.98 Å². The number of amides is 1. The third kappa shape index (κ3) is 2.72. The summed E-state index contributed by atoms with van der Waals surface area (Å²) >= 11 is 0. The highest BCUT2D eigenvalue weighted by Crippen LogP contribution is 2.34. The molecule has 0 saturated carbocycles. The summed E-state index contributed by atoms with van der Waals surface area (Å²) in [4.78, 5) is 16.4. The molecular formula is C19H20N2O2. The quantitative estimate of drug-likeness (QED) is 0.871. The molecule has 23 heavy (non-hydrogen) atoms. The van der Waals surface area contributed by atoms with Crippen molar-refractivity contribution in [2.45, 2.75) is 26.7 Å². The number of pyridine rings is 1. The molecule has 1 N–H and O–H groups in total. The van der Waals surface area contributed by atoms with Crippen molar-refractivity contribution in [3.8, 4) is 5.75 Å². The third-order valence-corrected chi connectivity index (χ3v) is 4.11. The van der Waals surface area contributed by atoms with Gasteiger partial charge in [-0.2, -0.15) is 0 Å². The first-order chi connectivity index (χ1) is 11.0. The van der Waals surface area contributed by atoms with Gasteiger partial charge in [-0.1, -0.05) is 13.8 Å². The van der Waals surface area contributed by atoms with Crippen molar-refractivity contribution in [3.05, 3.63) is 52.7 Å². The zero-order valence-corrected chi connectivity index (χ0v) is 13.8. The van der Waals surface area contributed by atoms with Crippen LogP contribution in [-0.2, 0) is 4.79 Å². The van der Waals surface area contributed by atoms with Crippen LogP contribution in [0.4, 0.5) is 5.82 Å². The van der Waals surface area contributed by atoms with E-state index in [0.717, 1.165) is 28.0 Å². The SMILES string of the molecule is COc1cc(C)c(C=C2C(=O)Nc3ncccc32)cc1C(C)C. The van der Waals surface area contributed by atoms with Crippen molar-refractivity contribution in [1.29, 1.82) is 0 Å². The summed E-state index contributed by atoms with van der Waals surface area (Å²) in [6.45, 7) is 6.28. The Morgan fingerprint density at radius 1 is 1.30 bits per heavy atom. The summed E-state index contributed by atoms with van der Waals surface area (Å²) in [6, 6.07) is 7.88. The molecule has 1 aromatic carbocycles. The maximum atomic E-state index is 12.2. The third-order valence-electron chi connectivity index (χ3n) is 4.11. The number of rotatable bonds is 3. The number of methoxy groups -OCH3 is 1. The number of aryl methyl sites for hydroxylation is 1. The van der Waals surface area contributed by atoms with E-state index >= 15 is 0 Å². The van der Waals surface area contributed by atoms with Gasteiger partial charge in [-0.05, 0) is 59.9 Å². The Labute approximate surface area is 136 Å². The summed E-state index contributed by atoms with van der Waals surface area (Å²) in [6.07, 6.45) is 3.61. The second-order valence-corrected chi connectivity index (χ2v) is 6.02. The molecule has 118 valence electrons. The molecule has 3 rings (SSSR count). The van der Waals surface area contributed by atoms with Crippen LogP contribution in [0.2, 0.25) is 0 Å². The zero-order chi connectivity index (χ0) is 16.6. The van der Waals surface area contributed by atoms with Crippen LogP contribution in [0.25, 0.3) is 11.6 Å². The van der Waals surface area contributed by atoms with Crippen LogP contribution in [-0.4, -0.2) is 18.0 Å². The van der Waals surface area contributed by atoms with Crippen LogP contribution in [0, 0.1) is 6.92 Å². The lowest BCUT2D eigenvalue weighted by Gasteiger charge is -2.15. The van der Waals surface area contributed by atoms with Crippen LogP contribution >= 0.6 is 0 Å². The highest BCUT2D eigenvalue weighted by molar-refractivity contribution is 6.34. The first kappa shape index (κ1) is 15.3. The number of carbonyl (C=O) groups is 1. The topological polar surface area (TPSA) is 51.2 Å². The number of hydrogen-bond acceptors (Lipinski definition) is 3. The minimum Gasteiger partial charge on any atom is -0.496 e. The van der Waals surface area contributed by atoms with Crippen molar-refractivity contribution < 1.29 is 9.53 Å². The first-order valence-corrected chi connectivity index (χ1v) is 7.68. The van der Waals surface area contributed by atoms with Crippen molar-refractivity contribution in [2.75, 3.05) is 12.4 Å². The average Bonchev–Trinajstić information content (AvgIpc) is 2.84. The number of anilines is 1. The molecule has 2 heterocycles. The standard InChI is InChI=1S/C19H20N2O2/c1-11(2)15-9-13(12(3)8-17(15)23-4)10-16-14-6-5-7-20-18(14)21-19(16)22/h5-11H,1-4H3,(H,20,21,22).